The zero-order chi connectivity index (χ0) is 46.6. The van der Waals surface area contributed by atoms with Crippen molar-refractivity contribution in [1.29, 1.82) is 0 Å². The Labute approximate surface area is 357 Å². The second kappa shape index (κ2) is 24.5. The fourth-order valence-corrected chi connectivity index (χ4v) is 5.87. The SMILES string of the molecule is O=C(O)CC[C@@H](NC(=O)c1cccc(C(=O)ON2C(=O)CCC2=O)c1)C(=O)N[C@H](CCC(=O)O)C(=O)N[C@H](CCC(=O)O)C(=O)N[C@H](CCCCNC(=O)c1ccccc1)C(=O)O. The van der Waals surface area contributed by atoms with Crippen LogP contribution in [0.2, 0.25) is 0 Å². The summed E-state index contributed by atoms with van der Waals surface area (Å²) >= 11 is 0. The molecule has 2 aromatic carbocycles. The highest BCUT2D eigenvalue weighted by molar-refractivity contribution is 6.04. The Hall–Kier alpha value is -7.72. The zero-order valence-corrected chi connectivity index (χ0v) is 33.5. The molecule has 4 atom stereocenters. The molecule has 0 unspecified atom stereocenters. The Balaban J connectivity index is 1.73. The van der Waals surface area contributed by atoms with E-state index < -0.39 is 128 Å². The summed E-state index contributed by atoms with van der Waals surface area (Å²) in [5.41, 5.74) is -0.164. The van der Waals surface area contributed by atoms with Crippen LogP contribution in [-0.2, 0) is 48.0 Å². The Morgan fingerprint density at radius 2 is 1.00 bits per heavy atom. The molecule has 7 amide bonds. The van der Waals surface area contributed by atoms with Crippen LogP contribution in [-0.4, -0.2) is 127 Å². The van der Waals surface area contributed by atoms with Gasteiger partial charge in [-0.3, -0.25) is 47.9 Å². The molecule has 1 saturated heterocycles. The summed E-state index contributed by atoms with van der Waals surface area (Å²) in [7, 11) is 0. The maximum atomic E-state index is 13.6. The zero-order valence-electron chi connectivity index (χ0n) is 33.5. The highest BCUT2D eigenvalue weighted by Gasteiger charge is 2.34. The minimum absolute atomic E-state index is 0.141. The molecule has 23 heteroatoms. The molecule has 1 aliphatic rings. The van der Waals surface area contributed by atoms with Gasteiger partial charge in [0.25, 0.3) is 23.6 Å². The molecule has 0 aliphatic carbocycles. The lowest BCUT2D eigenvalue weighted by atomic mass is 10.0. The number of hydrogen-bond donors (Lipinski definition) is 9. The van der Waals surface area contributed by atoms with E-state index in [0.717, 1.165) is 6.07 Å². The number of hydroxylamine groups is 2. The van der Waals surface area contributed by atoms with Crippen molar-refractivity contribution >= 4 is 71.2 Å². The first-order valence-corrected chi connectivity index (χ1v) is 19.5. The van der Waals surface area contributed by atoms with E-state index in [9.17, 15) is 78.0 Å². The molecule has 63 heavy (non-hydrogen) atoms. The van der Waals surface area contributed by atoms with Gasteiger partial charge < -0.3 is 51.8 Å². The monoisotopic (exact) mass is 882 g/mol. The van der Waals surface area contributed by atoms with E-state index in [1.54, 1.807) is 30.3 Å². The first kappa shape index (κ1) is 49.6. The summed E-state index contributed by atoms with van der Waals surface area (Å²) in [6, 6.07) is 6.11. The minimum Gasteiger partial charge on any atom is -0.481 e. The van der Waals surface area contributed by atoms with Crippen LogP contribution in [0.3, 0.4) is 0 Å². The Kier molecular flexibility index (Phi) is 19.3. The number of imide groups is 1. The Morgan fingerprint density at radius 3 is 1.49 bits per heavy atom. The van der Waals surface area contributed by atoms with Crippen LogP contribution in [0.1, 0.15) is 102 Å². The van der Waals surface area contributed by atoms with Gasteiger partial charge in [0.15, 0.2) is 0 Å². The van der Waals surface area contributed by atoms with Gasteiger partial charge >= 0.3 is 29.8 Å². The molecule has 9 N–H and O–H groups in total. The predicted octanol–water partition coefficient (Wildman–Crippen LogP) is -0.260. The number of nitrogens with zero attached hydrogens (tertiary/aromatic N) is 1. The topological polar surface area (TPSA) is 358 Å². The van der Waals surface area contributed by atoms with Gasteiger partial charge in [0.05, 0.1) is 5.56 Å². The largest absolute Gasteiger partial charge is 0.481 e. The number of benzene rings is 2. The van der Waals surface area contributed by atoms with Gasteiger partial charge in [-0.15, -0.1) is 5.06 Å². The molecular weight excluding hydrogens is 836 g/mol. The summed E-state index contributed by atoms with van der Waals surface area (Å²) < 4.78 is 0. The average Bonchev–Trinajstić information content (AvgIpc) is 3.56. The number of carboxylic acid groups (broad SMARTS) is 4. The lowest BCUT2D eigenvalue weighted by molar-refractivity contribution is -0.172. The second-order valence-electron chi connectivity index (χ2n) is 14.0. The van der Waals surface area contributed by atoms with Crippen LogP contribution in [0.15, 0.2) is 54.6 Å². The molecule has 0 spiro atoms. The highest BCUT2D eigenvalue weighted by Crippen LogP contribution is 2.16. The molecule has 0 radical (unpaired) electrons. The number of hydrogen-bond acceptors (Lipinski definition) is 13. The number of unbranched alkanes of at least 4 members (excludes halogenated alkanes) is 1. The van der Waals surface area contributed by atoms with Crippen molar-refractivity contribution in [2.75, 3.05) is 6.54 Å². The minimum atomic E-state index is -1.80. The highest BCUT2D eigenvalue weighted by atomic mass is 16.7. The normalized spacial score (nSPS) is 13.9. The smallest absolute Gasteiger partial charge is 0.363 e. The Bertz CT molecular complexity index is 2060. The van der Waals surface area contributed by atoms with Gasteiger partial charge in [-0.05, 0) is 68.9 Å². The molecule has 0 aromatic heterocycles. The van der Waals surface area contributed by atoms with Crippen LogP contribution in [0.25, 0.3) is 0 Å². The summed E-state index contributed by atoms with van der Waals surface area (Å²) in [5, 5.41) is 49.7. The summed E-state index contributed by atoms with van der Waals surface area (Å²) in [6.07, 6.45) is -3.96. The van der Waals surface area contributed by atoms with E-state index in [-0.39, 0.29) is 54.3 Å². The van der Waals surface area contributed by atoms with E-state index in [4.69, 9.17) is 4.84 Å². The number of carbonyl (C=O) groups excluding carboxylic acids is 8. The number of carbonyl (C=O) groups is 12. The fraction of sp³-hybridized carbons (Fsp3) is 0.400. The first-order valence-electron chi connectivity index (χ1n) is 19.5. The van der Waals surface area contributed by atoms with E-state index in [2.05, 4.69) is 26.6 Å². The van der Waals surface area contributed by atoms with E-state index in [0.29, 0.717) is 12.0 Å². The van der Waals surface area contributed by atoms with Crippen molar-refractivity contribution < 1.29 is 82.8 Å². The van der Waals surface area contributed by atoms with Crippen molar-refractivity contribution in [2.24, 2.45) is 0 Å². The third kappa shape index (κ3) is 16.7. The first-order chi connectivity index (χ1) is 29.9. The summed E-state index contributed by atoms with van der Waals surface area (Å²) in [6.45, 7) is 0.173. The summed E-state index contributed by atoms with van der Waals surface area (Å²) in [4.78, 5) is 154. The summed E-state index contributed by atoms with van der Waals surface area (Å²) in [5.74, 6) is -13.4. The van der Waals surface area contributed by atoms with E-state index in [1.807, 2.05) is 0 Å². The standard InChI is InChI=1S/C40H46N6O17/c47-29-15-16-30(48)46(29)63-40(62)24-10-6-9-23(21-24)35(56)42-25(12-17-31(49)50)36(57)43-26(13-18-32(51)52)37(58)44-27(14-19-33(53)54)38(59)45-28(39(60)61)11-4-5-20-41-34(55)22-7-2-1-3-8-22/h1-3,6-10,21,25-28H,4-5,11-20H2,(H,41,55)(H,42,56)(H,43,57)(H,44,58)(H,45,59)(H,49,50)(H,51,52)(H,53,54)(H,60,61)/t25-,26-,27-,28-/m1/s1. The van der Waals surface area contributed by atoms with Crippen LogP contribution in [0, 0.1) is 0 Å². The van der Waals surface area contributed by atoms with Crippen molar-refractivity contribution in [3.05, 3.63) is 71.3 Å². The Morgan fingerprint density at radius 1 is 0.540 bits per heavy atom. The van der Waals surface area contributed by atoms with Gasteiger partial charge in [0.2, 0.25) is 17.7 Å². The van der Waals surface area contributed by atoms with Crippen molar-refractivity contribution in [1.82, 2.24) is 31.6 Å². The van der Waals surface area contributed by atoms with Crippen LogP contribution < -0.4 is 26.6 Å². The van der Waals surface area contributed by atoms with Crippen molar-refractivity contribution in [3.8, 4) is 0 Å². The second-order valence-corrected chi connectivity index (χ2v) is 14.0. The molecule has 1 aliphatic heterocycles. The molecular formula is C40H46N6O17. The van der Waals surface area contributed by atoms with E-state index >= 15 is 0 Å². The van der Waals surface area contributed by atoms with Gasteiger partial charge in [-0.2, -0.15) is 0 Å². The third-order valence-electron chi connectivity index (χ3n) is 9.22. The van der Waals surface area contributed by atoms with Gasteiger partial charge in [0, 0.05) is 49.8 Å². The number of amides is 7. The van der Waals surface area contributed by atoms with Gasteiger partial charge in [-0.25, -0.2) is 9.59 Å². The predicted molar refractivity (Wildman–Crippen MR) is 211 cm³/mol. The fourth-order valence-electron chi connectivity index (χ4n) is 5.87. The third-order valence-corrected chi connectivity index (χ3v) is 9.22. The van der Waals surface area contributed by atoms with Crippen LogP contribution >= 0.6 is 0 Å². The molecule has 0 bridgehead atoms. The number of nitrogens with one attached hydrogen (secondary N) is 5. The van der Waals surface area contributed by atoms with Crippen LogP contribution in [0.4, 0.5) is 0 Å². The maximum Gasteiger partial charge on any atom is 0.363 e. The molecule has 2 aromatic rings. The molecule has 23 nitrogen and oxygen atoms in total. The number of aliphatic carboxylic acids is 4. The van der Waals surface area contributed by atoms with E-state index in [1.165, 1.54) is 18.2 Å². The molecule has 3 rings (SSSR count). The quantitative estimate of drug-likeness (QED) is 0.0434. The van der Waals surface area contributed by atoms with Crippen LogP contribution in [0.5, 0.6) is 0 Å². The lowest BCUT2D eigenvalue weighted by Gasteiger charge is -2.26. The number of rotatable bonds is 26. The molecule has 338 valence electrons. The maximum absolute atomic E-state index is 13.6. The number of carboxylic acids is 4. The van der Waals surface area contributed by atoms with Crippen molar-refractivity contribution in [2.45, 2.75) is 94.8 Å². The van der Waals surface area contributed by atoms with Gasteiger partial charge in [0.1, 0.15) is 24.2 Å². The molecule has 1 heterocycles. The lowest BCUT2D eigenvalue weighted by Crippen LogP contribution is -2.58. The van der Waals surface area contributed by atoms with Crippen molar-refractivity contribution in [3.63, 3.8) is 0 Å². The average molecular weight is 883 g/mol. The molecule has 0 saturated carbocycles. The van der Waals surface area contributed by atoms with Gasteiger partial charge in [-0.1, -0.05) is 24.3 Å². The molecule has 1 fully saturated rings.